The van der Waals surface area contributed by atoms with Gasteiger partial charge < -0.3 is 14.6 Å². The van der Waals surface area contributed by atoms with Crippen LogP contribution in [0.15, 0.2) is 18.2 Å². The van der Waals surface area contributed by atoms with Crippen molar-refractivity contribution < 1.29 is 29.0 Å². The number of carbonyl (C=O) groups excluding carboxylic acids is 3. The highest BCUT2D eigenvalue weighted by molar-refractivity contribution is 6.76. The van der Waals surface area contributed by atoms with E-state index in [9.17, 15) is 19.5 Å². The van der Waals surface area contributed by atoms with Crippen LogP contribution in [0.2, 0.25) is 25.7 Å². The average Bonchev–Trinajstić information content (AvgIpc) is 2.67. The van der Waals surface area contributed by atoms with Gasteiger partial charge in [0.25, 0.3) is 0 Å². The van der Waals surface area contributed by atoms with E-state index in [0.717, 1.165) is 18.0 Å². The Morgan fingerprint density at radius 1 is 1.07 bits per heavy atom. The Labute approximate surface area is 179 Å². The second-order valence-corrected chi connectivity index (χ2v) is 15.2. The molecule has 4 unspecified atom stereocenters. The number of hydrogen-bond acceptors (Lipinski definition) is 6. The third-order valence-electron chi connectivity index (χ3n) is 6.06. The van der Waals surface area contributed by atoms with Crippen molar-refractivity contribution in [2.75, 3.05) is 13.2 Å². The van der Waals surface area contributed by atoms with E-state index in [1.165, 1.54) is 0 Å². The molecule has 1 N–H and O–H groups in total. The summed E-state index contributed by atoms with van der Waals surface area (Å²) in [5, 5.41) is 9.94. The SMILES string of the molecule is CCCOC(=O)C1C2C(=O)CC(c3ccc(O)cc32)C1C(=O)OCCC[Si](C)(C)C. The lowest BCUT2D eigenvalue weighted by atomic mass is 9.55. The molecule has 1 aromatic rings. The number of rotatable bonds is 8. The van der Waals surface area contributed by atoms with Gasteiger partial charge in [0.2, 0.25) is 0 Å². The predicted octanol–water partition coefficient (Wildman–Crippen LogP) is 4.00. The highest BCUT2D eigenvalue weighted by Gasteiger charge is 2.57. The lowest BCUT2D eigenvalue weighted by Gasteiger charge is -2.46. The molecule has 0 radical (unpaired) electrons. The van der Waals surface area contributed by atoms with Gasteiger partial charge in [-0.2, -0.15) is 0 Å². The van der Waals surface area contributed by atoms with Gasteiger partial charge in [0.05, 0.1) is 31.0 Å². The van der Waals surface area contributed by atoms with Crippen molar-refractivity contribution in [2.24, 2.45) is 11.8 Å². The molecule has 4 rings (SSSR count). The van der Waals surface area contributed by atoms with Crippen molar-refractivity contribution >= 4 is 25.8 Å². The van der Waals surface area contributed by atoms with E-state index < -0.39 is 43.7 Å². The molecule has 0 saturated heterocycles. The van der Waals surface area contributed by atoms with Gasteiger partial charge in [-0.15, -0.1) is 0 Å². The van der Waals surface area contributed by atoms with E-state index in [0.29, 0.717) is 18.6 Å². The van der Waals surface area contributed by atoms with Gasteiger partial charge in [0.1, 0.15) is 11.5 Å². The molecule has 0 aromatic heterocycles. The number of esters is 2. The van der Waals surface area contributed by atoms with Crippen LogP contribution in [0.5, 0.6) is 5.75 Å². The molecule has 0 heterocycles. The van der Waals surface area contributed by atoms with Crippen LogP contribution in [0.4, 0.5) is 0 Å². The number of carbonyl (C=O) groups is 3. The zero-order valence-electron chi connectivity index (χ0n) is 18.3. The monoisotopic (exact) mass is 432 g/mol. The molecule has 1 fully saturated rings. The fourth-order valence-electron chi connectivity index (χ4n) is 4.73. The average molecular weight is 433 g/mol. The summed E-state index contributed by atoms with van der Waals surface area (Å²) in [5.41, 5.74) is 1.48. The molecule has 1 saturated carbocycles. The number of aromatic hydroxyl groups is 1. The first-order valence-corrected chi connectivity index (χ1v) is 14.5. The third kappa shape index (κ3) is 4.61. The topological polar surface area (TPSA) is 89.9 Å². The molecular formula is C23H32O6Si. The van der Waals surface area contributed by atoms with E-state index in [2.05, 4.69) is 19.6 Å². The Bertz CT molecular complexity index is 827. The minimum absolute atomic E-state index is 0.0419. The van der Waals surface area contributed by atoms with Gasteiger partial charge in [-0.3, -0.25) is 14.4 Å². The third-order valence-corrected chi connectivity index (χ3v) is 7.91. The smallest absolute Gasteiger partial charge is 0.310 e. The molecule has 1 aromatic carbocycles. The maximum absolute atomic E-state index is 13.1. The number of ketones is 1. The molecule has 2 bridgehead atoms. The van der Waals surface area contributed by atoms with Crippen molar-refractivity contribution in [3.63, 3.8) is 0 Å². The standard InChI is InChI=1S/C23H32O6Si/c1-5-9-28-23(27)21-19-16-12-14(24)7-8-15(16)17(13-18(19)25)20(21)22(26)29-10-6-11-30(2,3)4/h7-8,12,17,19-21,24H,5-6,9-11,13H2,1-4H3. The molecule has 164 valence electrons. The Balaban J connectivity index is 1.87. The number of Topliss-reactive ketones (excluding diaryl/α,β-unsaturated/α-hetero) is 1. The number of hydrogen-bond donors (Lipinski definition) is 1. The van der Waals surface area contributed by atoms with Crippen molar-refractivity contribution in [3.05, 3.63) is 29.3 Å². The van der Waals surface area contributed by atoms with Crippen molar-refractivity contribution in [1.82, 2.24) is 0 Å². The first-order chi connectivity index (χ1) is 14.1. The van der Waals surface area contributed by atoms with E-state index in [-0.39, 0.29) is 24.6 Å². The van der Waals surface area contributed by atoms with E-state index in [1.807, 2.05) is 6.92 Å². The summed E-state index contributed by atoms with van der Waals surface area (Å²) in [6, 6.07) is 5.91. The number of phenolic OH excluding ortho intramolecular Hbond substituents is 1. The van der Waals surface area contributed by atoms with Crippen LogP contribution in [-0.4, -0.2) is 44.1 Å². The molecule has 0 spiro atoms. The Kier molecular flexibility index (Phi) is 6.70. The molecule has 7 heteroatoms. The van der Waals surface area contributed by atoms with E-state index >= 15 is 0 Å². The van der Waals surface area contributed by atoms with Gasteiger partial charge in [-0.25, -0.2) is 0 Å². The molecular weight excluding hydrogens is 400 g/mol. The largest absolute Gasteiger partial charge is 0.508 e. The van der Waals surface area contributed by atoms with E-state index in [4.69, 9.17) is 9.47 Å². The fraction of sp³-hybridized carbons (Fsp3) is 0.609. The second kappa shape index (κ2) is 8.92. The highest BCUT2D eigenvalue weighted by atomic mass is 28.3. The summed E-state index contributed by atoms with van der Waals surface area (Å²) in [4.78, 5) is 38.8. The Morgan fingerprint density at radius 2 is 1.73 bits per heavy atom. The lowest BCUT2D eigenvalue weighted by molar-refractivity contribution is -0.167. The van der Waals surface area contributed by atoms with Crippen LogP contribution in [0, 0.1) is 11.8 Å². The summed E-state index contributed by atoms with van der Waals surface area (Å²) in [5.74, 6) is -3.84. The zero-order valence-corrected chi connectivity index (χ0v) is 19.3. The normalized spacial score (nSPS) is 25.0. The summed E-state index contributed by atoms with van der Waals surface area (Å²) in [7, 11) is -1.22. The second-order valence-electron chi connectivity index (χ2n) is 9.62. The summed E-state index contributed by atoms with van der Waals surface area (Å²) >= 11 is 0. The molecule has 3 aliphatic rings. The molecule has 0 amide bonds. The Hall–Kier alpha value is -2.15. The number of fused-ring (bicyclic) bond motifs is 2. The lowest BCUT2D eigenvalue weighted by Crippen LogP contribution is -2.50. The van der Waals surface area contributed by atoms with Crippen LogP contribution in [0.25, 0.3) is 0 Å². The minimum Gasteiger partial charge on any atom is -0.508 e. The fourth-order valence-corrected chi connectivity index (χ4v) is 5.94. The molecule has 3 aliphatic carbocycles. The number of benzene rings is 1. The molecule has 0 aliphatic heterocycles. The molecule has 6 nitrogen and oxygen atoms in total. The summed E-state index contributed by atoms with van der Waals surface area (Å²) in [6.45, 7) is 9.27. The quantitative estimate of drug-likeness (QED) is 0.379. The van der Waals surface area contributed by atoms with Crippen molar-refractivity contribution in [1.29, 1.82) is 0 Å². The van der Waals surface area contributed by atoms with Gasteiger partial charge in [-0.1, -0.05) is 38.7 Å². The van der Waals surface area contributed by atoms with E-state index in [1.54, 1.807) is 18.2 Å². The first-order valence-electron chi connectivity index (χ1n) is 10.8. The number of ether oxygens (including phenoxy) is 2. The molecule has 30 heavy (non-hydrogen) atoms. The van der Waals surface area contributed by atoms with Crippen LogP contribution in [0.1, 0.15) is 49.1 Å². The Morgan fingerprint density at radius 3 is 2.40 bits per heavy atom. The van der Waals surface area contributed by atoms with Crippen LogP contribution in [-0.2, 0) is 23.9 Å². The van der Waals surface area contributed by atoms with Crippen molar-refractivity contribution in [3.8, 4) is 5.75 Å². The molecule has 4 atom stereocenters. The highest BCUT2D eigenvalue weighted by Crippen LogP contribution is 2.55. The maximum atomic E-state index is 13.1. The number of phenols is 1. The van der Waals surface area contributed by atoms with Gasteiger partial charge in [-0.05, 0) is 36.1 Å². The zero-order chi connectivity index (χ0) is 22.1. The summed E-state index contributed by atoms with van der Waals surface area (Å²) in [6.07, 6.45) is 1.66. The maximum Gasteiger partial charge on any atom is 0.310 e. The first kappa shape index (κ1) is 22.5. The van der Waals surface area contributed by atoms with Gasteiger partial charge >= 0.3 is 11.9 Å². The predicted molar refractivity (Wildman–Crippen MR) is 115 cm³/mol. The van der Waals surface area contributed by atoms with Gasteiger partial charge in [0.15, 0.2) is 0 Å². The van der Waals surface area contributed by atoms with Gasteiger partial charge in [0, 0.05) is 20.4 Å². The van der Waals surface area contributed by atoms with Crippen LogP contribution < -0.4 is 0 Å². The van der Waals surface area contributed by atoms with Crippen LogP contribution >= 0.6 is 0 Å². The minimum atomic E-state index is -1.22. The van der Waals surface area contributed by atoms with Crippen molar-refractivity contribution in [2.45, 2.75) is 63.7 Å². The summed E-state index contributed by atoms with van der Waals surface area (Å²) < 4.78 is 11.0. The van der Waals surface area contributed by atoms with Crippen LogP contribution in [0.3, 0.4) is 0 Å².